The van der Waals surface area contributed by atoms with Gasteiger partial charge in [-0.1, -0.05) is 0 Å². The largest absolute Gasteiger partial charge is 0.350 e. The first-order valence-corrected chi connectivity index (χ1v) is 14.5. The number of carbonyl (C=O) groups excluding carboxylic acids is 3. The van der Waals surface area contributed by atoms with Crippen LogP contribution in [0.25, 0.3) is 0 Å². The number of nitrogens with one attached hydrogen (secondary N) is 7. The van der Waals surface area contributed by atoms with E-state index in [1.807, 2.05) is 0 Å². The molecule has 0 aliphatic heterocycles. The molecule has 0 aliphatic rings. The molecule has 42 heavy (non-hydrogen) atoms. The number of aromatic nitrogens is 4. The molecule has 0 aliphatic carbocycles. The van der Waals surface area contributed by atoms with Crippen LogP contribution >= 0.6 is 0 Å². The van der Waals surface area contributed by atoms with Gasteiger partial charge < -0.3 is 30.4 Å². The van der Waals surface area contributed by atoms with E-state index in [0.29, 0.717) is 37.3 Å². The van der Waals surface area contributed by atoms with Gasteiger partial charge >= 0.3 is 12.1 Å². The van der Waals surface area contributed by atoms with Gasteiger partial charge in [0.25, 0.3) is 27.1 Å². The van der Waals surface area contributed by atoms with Gasteiger partial charge in [-0.05, 0) is 13.8 Å². The van der Waals surface area contributed by atoms with Crippen molar-refractivity contribution in [3.05, 3.63) is 44.2 Å². The maximum absolute atomic E-state index is 12.5. The van der Waals surface area contributed by atoms with Crippen molar-refractivity contribution in [1.82, 2.24) is 35.9 Å². The van der Waals surface area contributed by atoms with Crippen molar-refractivity contribution in [2.45, 2.75) is 26.7 Å². The minimum absolute atomic E-state index is 0.000703. The standard InChI is InChI=1S/C23H36N10O8S/c1-15-12-17(34)29-20(27-15)31-22(37)25-6-4-9-33(3,14-19(36)24-8-11-42(39,40)41)10-5-7-26-23(38)32-21-28-16(2)13-18(35)30-21/h12-13H,4-11,14H2,1-3H3,(H7-,24,25,26,27,28,29,30,31,32,34,35,36,37,38,39,40,41)/p+1. The predicted octanol–water partition coefficient (Wildman–Crippen LogP) is -1.36. The highest BCUT2D eigenvalue weighted by molar-refractivity contribution is 7.85. The molecule has 2 aromatic rings. The molecule has 0 fully saturated rings. The van der Waals surface area contributed by atoms with E-state index in [2.05, 4.69) is 46.5 Å². The third-order valence-electron chi connectivity index (χ3n) is 5.75. The monoisotopic (exact) mass is 613 g/mol. The van der Waals surface area contributed by atoms with E-state index in [1.165, 1.54) is 12.1 Å². The Labute approximate surface area is 241 Å². The van der Waals surface area contributed by atoms with Crippen LogP contribution in [0.4, 0.5) is 21.5 Å². The van der Waals surface area contributed by atoms with E-state index < -0.39 is 45.0 Å². The lowest BCUT2D eigenvalue weighted by Crippen LogP contribution is -2.53. The first-order chi connectivity index (χ1) is 19.6. The predicted molar refractivity (Wildman–Crippen MR) is 153 cm³/mol. The van der Waals surface area contributed by atoms with Gasteiger partial charge in [-0.25, -0.2) is 9.59 Å². The molecule has 0 saturated heterocycles. The molecule has 2 aromatic heterocycles. The van der Waals surface area contributed by atoms with Crippen molar-refractivity contribution >= 4 is 40.0 Å². The van der Waals surface area contributed by atoms with Crippen molar-refractivity contribution in [2.75, 3.05) is 62.7 Å². The summed E-state index contributed by atoms with van der Waals surface area (Å²) in [5, 5.41) is 12.6. The highest BCUT2D eigenvalue weighted by Gasteiger charge is 2.25. The lowest BCUT2D eigenvalue weighted by atomic mass is 10.2. The topological polar surface area (TPSA) is 257 Å². The van der Waals surface area contributed by atoms with Gasteiger partial charge in [0.05, 0.1) is 25.9 Å². The molecule has 0 atom stereocenters. The van der Waals surface area contributed by atoms with Crippen molar-refractivity contribution in [3.63, 3.8) is 0 Å². The molecule has 0 unspecified atom stereocenters. The van der Waals surface area contributed by atoms with Gasteiger partial charge in [-0.3, -0.25) is 29.6 Å². The summed E-state index contributed by atoms with van der Waals surface area (Å²) in [5.41, 5.74) is 0.0559. The fraction of sp³-hybridized carbons (Fsp3) is 0.522. The average molecular weight is 614 g/mol. The number of hydrogen-bond donors (Lipinski definition) is 8. The fourth-order valence-corrected chi connectivity index (χ4v) is 4.26. The SMILES string of the molecule is Cc1cc(=O)nc(NC(=O)NCCC[N+](C)(CCCNC(=O)Nc2nc(=O)cc(C)[nH]2)CC(=O)NCCS(=O)(=O)O)[nH]1. The number of nitrogens with zero attached hydrogens (tertiary/aromatic N) is 3. The molecule has 8 N–H and O–H groups in total. The van der Waals surface area contributed by atoms with Gasteiger partial charge in [0, 0.05) is 56.0 Å². The Balaban J connectivity index is 1.88. The molecule has 0 bridgehead atoms. The second kappa shape index (κ2) is 15.6. The number of likely N-dealkylation sites (N-methyl/N-ethyl adjacent to an activating group) is 1. The fourth-order valence-electron chi connectivity index (χ4n) is 3.90. The maximum Gasteiger partial charge on any atom is 0.321 e. The Hall–Kier alpha value is -4.36. The van der Waals surface area contributed by atoms with E-state index in [1.54, 1.807) is 20.9 Å². The van der Waals surface area contributed by atoms with Crippen molar-refractivity contribution in [2.24, 2.45) is 0 Å². The molecule has 0 aromatic carbocycles. The molecule has 0 radical (unpaired) electrons. The quantitative estimate of drug-likeness (QED) is 0.0665. The lowest BCUT2D eigenvalue weighted by molar-refractivity contribution is -0.902. The second-order valence-corrected chi connectivity index (χ2v) is 11.4. The van der Waals surface area contributed by atoms with Crippen LogP contribution < -0.4 is 37.7 Å². The highest BCUT2D eigenvalue weighted by atomic mass is 32.2. The smallest absolute Gasteiger partial charge is 0.321 e. The summed E-state index contributed by atoms with van der Waals surface area (Å²) in [6.07, 6.45) is 0.889. The summed E-state index contributed by atoms with van der Waals surface area (Å²) in [6, 6.07) is 1.40. The number of aryl methyl sites for hydroxylation is 2. The summed E-state index contributed by atoms with van der Waals surface area (Å²) in [7, 11) is -2.43. The van der Waals surface area contributed by atoms with Crippen LogP contribution in [0.3, 0.4) is 0 Å². The number of carbonyl (C=O) groups is 3. The van der Waals surface area contributed by atoms with E-state index in [9.17, 15) is 32.4 Å². The molecule has 232 valence electrons. The van der Waals surface area contributed by atoms with E-state index >= 15 is 0 Å². The summed E-state index contributed by atoms with van der Waals surface area (Å²) in [6.45, 7) is 4.30. The molecule has 0 saturated carbocycles. The number of amides is 5. The minimum atomic E-state index is -4.23. The minimum Gasteiger partial charge on any atom is -0.350 e. The average Bonchev–Trinajstić information content (AvgIpc) is 2.82. The molecule has 0 spiro atoms. The number of H-pyrrole nitrogens is 2. The number of rotatable bonds is 15. The third kappa shape index (κ3) is 13.8. The number of aromatic amines is 2. The molecule has 18 nitrogen and oxygen atoms in total. The highest BCUT2D eigenvalue weighted by Crippen LogP contribution is 2.06. The number of anilines is 2. The number of urea groups is 2. The molecule has 5 amide bonds. The number of quaternary nitrogens is 1. The maximum atomic E-state index is 12.5. The van der Waals surface area contributed by atoms with Gasteiger partial charge in [0.1, 0.15) is 0 Å². The van der Waals surface area contributed by atoms with Crippen LogP contribution in [0.5, 0.6) is 0 Å². The molecule has 19 heteroatoms. The summed E-state index contributed by atoms with van der Waals surface area (Å²) in [4.78, 5) is 72.7. The first-order valence-electron chi connectivity index (χ1n) is 12.9. The van der Waals surface area contributed by atoms with Crippen LogP contribution in [0.15, 0.2) is 21.7 Å². The zero-order valence-corrected chi connectivity index (χ0v) is 24.4. The Bertz CT molecular complexity index is 1390. The Morgan fingerprint density at radius 1 is 0.833 bits per heavy atom. The normalized spacial score (nSPS) is 11.4. The molecular weight excluding hydrogens is 576 g/mol. The van der Waals surface area contributed by atoms with E-state index in [0.717, 1.165) is 0 Å². The zero-order chi connectivity index (χ0) is 31.3. The Morgan fingerprint density at radius 3 is 1.69 bits per heavy atom. The second-order valence-electron chi connectivity index (χ2n) is 9.83. The van der Waals surface area contributed by atoms with Crippen molar-refractivity contribution < 1.29 is 31.8 Å². The molecule has 2 rings (SSSR count). The van der Waals surface area contributed by atoms with Crippen molar-refractivity contribution in [1.29, 1.82) is 0 Å². The van der Waals surface area contributed by atoms with Crippen LogP contribution in [0.2, 0.25) is 0 Å². The lowest BCUT2D eigenvalue weighted by Gasteiger charge is -2.34. The van der Waals surface area contributed by atoms with Crippen LogP contribution in [-0.2, 0) is 14.9 Å². The summed E-state index contributed by atoms with van der Waals surface area (Å²) in [5.74, 6) is -1.06. The Kier molecular flexibility index (Phi) is 12.6. The summed E-state index contributed by atoms with van der Waals surface area (Å²) >= 11 is 0. The van der Waals surface area contributed by atoms with Crippen LogP contribution in [0, 0.1) is 13.8 Å². The van der Waals surface area contributed by atoms with Gasteiger partial charge in [-0.2, -0.15) is 18.4 Å². The van der Waals surface area contributed by atoms with Crippen molar-refractivity contribution in [3.8, 4) is 0 Å². The Morgan fingerprint density at radius 2 is 1.29 bits per heavy atom. The summed E-state index contributed by atoms with van der Waals surface area (Å²) < 4.78 is 30.9. The third-order valence-corrected chi connectivity index (χ3v) is 6.47. The molecule has 2 heterocycles. The van der Waals surface area contributed by atoms with E-state index in [-0.39, 0.29) is 42.6 Å². The van der Waals surface area contributed by atoms with Gasteiger partial charge in [0.2, 0.25) is 11.9 Å². The molecular formula is C23H37N10O8S+. The van der Waals surface area contributed by atoms with Gasteiger partial charge in [0.15, 0.2) is 6.54 Å². The van der Waals surface area contributed by atoms with Crippen LogP contribution in [0.1, 0.15) is 24.2 Å². The van der Waals surface area contributed by atoms with Crippen LogP contribution in [-0.4, -0.2) is 107 Å². The number of hydrogen-bond acceptors (Lipinski definition) is 9. The first kappa shape index (κ1) is 33.8. The van der Waals surface area contributed by atoms with Gasteiger partial charge in [-0.15, -0.1) is 0 Å². The van der Waals surface area contributed by atoms with E-state index in [4.69, 9.17) is 4.55 Å². The zero-order valence-electron chi connectivity index (χ0n) is 23.6.